The molecule has 0 bridgehead atoms. The van der Waals surface area contributed by atoms with Crippen LogP contribution in [-0.2, 0) is 9.59 Å². The van der Waals surface area contributed by atoms with Crippen molar-refractivity contribution in [1.29, 1.82) is 0 Å². The van der Waals surface area contributed by atoms with Gasteiger partial charge in [0, 0.05) is 18.0 Å². The maximum atomic E-state index is 11.4. The topological polar surface area (TPSA) is 78.4 Å². The summed E-state index contributed by atoms with van der Waals surface area (Å²) in [6, 6.07) is 3.38. The lowest BCUT2D eigenvalue weighted by Gasteiger charge is -2.10. The van der Waals surface area contributed by atoms with Gasteiger partial charge in [0.15, 0.2) is 0 Å². The normalized spacial score (nSPS) is 11.9. The van der Waals surface area contributed by atoms with Gasteiger partial charge in [-0.05, 0) is 19.1 Å². The van der Waals surface area contributed by atoms with Gasteiger partial charge in [-0.25, -0.2) is 0 Å². The summed E-state index contributed by atoms with van der Waals surface area (Å²) in [4.78, 5) is 23.2. The van der Waals surface area contributed by atoms with Gasteiger partial charge in [0.1, 0.15) is 12.5 Å². The Morgan fingerprint density at radius 2 is 2.06 bits per heavy atom. The van der Waals surface area contributed by atoms with Crippen molar-refractivity contribution in [2.24, 2.45) is 0 Å². The molecule has 1 atom stereocenters. The second-order valence-electron chi connectivity index (χ2n) is 3.59. The molecular formula is C11H15ClN2O3S. The number of hydrogen-bond acceptors (Lipinski definition) is 4. The molecule has 1 aromatic heterocycles. The summed E-state index contributed by atoms with van der Waals surface area (Å²) >= 11 is 6.99. The van der Waals surface area contributed by atoms with E-state index in [4.69, 9.17) is 11.6 Å². The van der Waals surface area contributed by atoms with Crippen molar-refractivity contribution >= 4 is 34.8 Å². The van der Waals surface area contributed by atoms with E-state index in [1.54, 1.807) is 19.1 Å². The molecule has 5 nitrogen and oxygen atoms in total. The highest BCUT2D eigenvalue weighted by atomic mass is 35.5. The van der Waals surface area contributed by atoms with E-state index in [2.05, 4.69) is 10.6 Å². The average molecular weight is 291 g/mol. The Hall–Kier alpha value is -1.11. The molecule has 7 heteroatoms. The fourth-order valence-corrected chi connectivity index (χ4v) is 2.33. The van der Waals surface area contributed by atoms with Crippen LogP contribution in [0.15, 0.2) is 12.1 Å². The van der Waals surface area contributed by atoms with Crippen LogP contribution in [-0.4, -0.2) is 30.0 Å². The third-order valence-corrected chi connectivity index (χ3v) is 3.44. The zero-order chi connectivity index (χ0) is 13.5. The molecule has 100 valence electrons. The van der Waals surface area contributed by atoms with E-state index < -0.39 is 12.0 Å². The van der Waals surface area contributed by atoms with Gasteiger partial charge >= 0.3 is 0 Å². The lowest BCUT2D eigenvalue weighted by atomic mass is 10.3. The monoisotopic (exact) mass is 290 g/mol. The third kappa shape index (κ3) is 5.03. The van der Waals surface area contributed by atoms with Gasteiger partial charge in [-0.2, -0.15) is 0 Å². The standard InChI is InChI=1S/C11H15ClN2O3S/c1-2-13-10(16)5-11(17)14-6-7(15)8-3-4-9(12)18-8/h3-4,7,15H,2,5-6H2,1H3,(H,13,16)(H,14,17). The molecule has 1 rings (SSSR count). The minimum absolute atomic E-state index is 0.0646. The highest BCUT2D eigenvalue weighted by molar-refractivity contribution is 7.16. The van der Waals surface area contributed by atoms with E-state index in [-0.39, 0.29) is 18.9 Å². The molecule has 0 aliphatic heterocycles. The summed E-state index contributed by atoms with van der Waals surface area (Å²) in [6.07, 6.45) is -1.04. The van der Waals surface area contributed by atoms with Crippen molar-refractivity contribution < 1.29 is 14.7 Å². The smallest absolute Gasteiger partial charge is 0.229 e. The molecule has 0 fully saturated rings. The predicted molar refractivity (Wildman–Crippen MR) is 70.6 cm³/mol. The first-order valence-corrected chi connectivity index (χ1v) is 6.69. The highest BCUT2D eigenvalue weighted by Gasteiger charge is 2.13. The van der Waals surface area contributed by atoms with E-state index in [0.717, 1.165) is 0 Å². The van der Waals surface area contributed by atoms with Crippen LogP contribution in [0.1, 0.15) is 24.3 Å². The number of carbonyl (C=O) groups excluding carboxylic acids is 2. The number of halogens is 1. The van der Waals surface area contributed by atoms with E-state index >= 15 is 0 Å². The quantitative estimate of drug-likeness (QED) is 0.686. The first kappa shape index (κ1) is 14.9. The van der Waals surface area contributed by atoms with Crippen LogP contribution in [0.25, 0.3) is 0 Å². The number of nitrogens with one attached hydrogen (secondary N) is 2. The Kier molecular flexibility index (Phi) is 6.11. The fourth-order valence-electron chi connectivity index (χ4n) is 1.29. The molecule has 0 spiro atoms. The van der Waals surface area contributed by atoms with E-state index in [1.165, 1.54) is 11.3 Å². The Labute approximate surface area is 114 Å². The van der Waals surface area contributed by atoms with Gasteiger partial charge in [0.05, 0.1) is 4.34 Å². The number of rotatable bonds is 6. The van der Waals surface area contributed by atoms with Gasteiger partial charge in [-0.3, -0.25) is 9.59 Å². The largest absolute Gasteiger partial charge is 0.386 e. The molecule has 1 unspecified atom stereocenters. The van der Waals surface area contributed by atoms with E-state index in [0.29, 0.717) is 15.8 Å². The summed E-state index contributed by atoms with van der Waals surface area (Å²) < 4.78 is 0.581. The third-order valence-electron chi connectivity index (χ3n) is 2.11. The van der Waals surface area contributed by atoms with Crippen molar-refractivity contribution in [3.8, 4) is 0 Å². The number of carbonyl (C=O) groups is 2. The molecule has 3 N–H and O–H groups in total. The number of aliphatic hydroxyl groups is 1. The summed E-state index contributed by atoms with van der Waals surface area (Å²) in [6.45, 7) is 2.33. The zero-order valence-electron chi connectivity index (χ0n) is 9.90. The first-order valence-electron chi connectivity index (χ1n) is 5.49. The summed E-state index contributed by atoms with van der Waals surface area (Å²) in [5.41, 5.74) is 0. The molecule has 0 aromatic carbocycles. The van der Waals surface area contributed by atoms with Gasteiger partial charge in [-0.15, -0.1) is 11.3 Å². The minimum Gasteiger partial charge on any atom is -0.386 e. The lowest BCUT2D eigenvalue weighted by Crippen LogP contribution is -2.33. The van der Waals surface area contributed by atoms with Crippen molar-refractivity contribution in [3.05, 3.63) is 21.3 Å². The Balaban J connectivity index is 2.32. The van der Waals surface area contributed by atoms with Gasteiger partial charge in [0.25, 0.3) is 0 Å². The number of hydrogen-bond donors (Lipinski definition) is 3. The lowest BCUT2D eigenvalue weighted by molar-refractivity contribution is -0.129. The molecule has 0 aliphatic rings. The molecule has 18 heavy (non-hydrogen) atoms. The molecule has 0 saturated carbocycles. The van der Waals surface area contributed by atoms with Gasteiger partial charge in [-0.1, -0.05) is 11.6 Å². The molecule has 1 heterocycles. The Morgan fingerprint density at radius 3 is 2.61 bits per heavy atom. The van der Waals surface area contributed by atoms with Crippen LogP contribution >= 0.6 is 22.9 Å². The Morgan fingerprint density at radius 1 is 1.39 bits per heavy atom. The molecular weight excluding hydrogens is 276 g/mol. The summed E-state index contributed by atoms with van der Waals surface area (Å²) in [7, 11) is 0. The van der Waals surface area contributed by atoms with Crippen LogP contribution in [0, 0.1) is 0 Å². The summed E-state index contributed by atoms with van der Waals surface area (Å²) in [5, 5.41) is 14.8. The van der Waals surface area contributed by atoms with Gasteiger partial charge < -0.3 is 15.7 Å². The van der Waals surface area contributed by atoms with Crippen molar-refractivity contribution in [2.45, 2.75) is 19.4 Å². The summed E-state index contributed by atoms with van der Waals surface area (Å²) in [5.74, 6) is -0.744. The second-order valence-corrected chi connectivity index (χ2v) is 5.34. The zero-order valence-corrected chi connectivity index (χ0v) is 11.5. The van der Waals surface area contributed by atoms with E-state index in [1.807, 2.05) is 0 Å². The Bertz CT molecular complexity index is 422. The van der Waals surface area contributed by atoms with Crippen LogP contribution in [0.2, 0.25) is 4.34 Å². The number of amides is 2. The number of thiophene rings is 1. The average Bonchev–Trinajstić information content (AvgIpc) is 2.73. The second kappa shape index (κ2) is 7.35. The van der Waals surface area contributed by atoms with Crippen molar-refractivity contribution in [3.63, 3.8) is 0 Å². The highest BCUT2D eigenvalue weighted by Crippen LogP contribution is 2.26. The predicted octanol–water partition coefficient (Wildman–Crippen LogP) is 1.08. The molecule has 0 aliphatic carbocycles. The first-order chi connectivity index (χ1) is 8.52. The van der Waals surface area contributed by atoms with Crippen LogP contribution in [0.4, 0.5) is 0 Å². The van der Waals surface area contributed by atoms with Crippen molar-refractivity contribution in [2.75, 3.05) is 13.1 Å². The SMILES string of the molecule is CCNC(=O)CC(=O)NCC(O)c1ccc(Cl)s1. The van der Waals surface area contributed by atoms with Crippen LogP contribution in [0.5, 0.6) is 0 Å². The number of aliphatic hydroxyl groups excluding tert-OH is 1. The maximum absolute atomic E-state index is 11.4. The van der Waals surface area contributed by atoms with E-state index in [9.17, 15) is 14.7 Å². The fraction of sp³-hybridized carbons (Fsp3) is 0.455. The van der Waals surface area contributed by atoms with Crippen LogP contribution in [0.3, 0.4) is 0 Å². The minimum atomic E-state index is -0.805. The molecule has 1 aromatic rings. The van der Waals surface area contributed by atoms with Gasteiger partial charge in [0.2, 0.25) is 11.8 Å². The molecule has 0 saturated heterocycles. The van der Waals surface area contributed by atoms with Crippen LogP contribution < -0.4 is 10.6 Å². The maximum Gasteiger partial charge on any atom is 0.229 e. The molecule has 0 radical (unpaired) electrons. The molecule has 2 amide bonds. The van der Waals surface area contributed by atoms with Crippen molar-refractivity contribution in [1.82, 2.24) is 10.6 Å².